The van der Waals surface area contributed by atoms with Gasteiger partial charge in [0.15, 0.2) is 11.6 Å². The maximum atomic E-state index is 13.3. The first-order valence-corrected chi connectivity index (χ1v) is 4.97. The number of alkyl halides is 1. The molecule has 0 bridgehead atoms. The Hall–Kier alpha value is -0.760. The quantitative estimate of drug-likeness (QED) is 0.702. The largest absolute Gasteiger partial charge is 0.494 e. The van der Waals surface area contributed by atoms with Gasteiger partial charge in [0.25, 0.3) is 0 Å². The summed E-state index contributed by atoms with van der Waals surface area (Å²) in [5, 5.41) is -0.0113. The van der Waals surface area contributed by atoms with Crippen molar-refractivity contribution in [2.45, 2.75) is 25.1 Å². The molecule has 0 aliphatic rings. The zero-order valence-corrected chi connectivity index (χ0v) is 9.31. The maximum absolute atomic E-state index is 13.3. The smallest absolute Gasteiger partial charge is 0.165 e. The van der Waals surface area contributed by atoms with Crippen LogP contribution in [0.2, 0.25) is 0 Å². The SMILES string of the molecule is COc1ccc(C(C)C(C)Cl)cc1F. The van der Waals surface area contributed by atoms with Crippen molar-refractivity contribution in [3.63, 3.8) is 0 Å². The molecular formula is C11H14ClFO. The first-order valence-electron chi connectivity index (χ1n) is 4.53. The van der Waals surface area contributed by atoms with Crippen molar-refractivity contribution in [1.82, 2.24) is 0 Å². The average Bonchev–Trinajstić information content (AvgIpc) is 2.16. The van der Waals surface area contributed by atoms with Crippen molar-refractivity contribution >= 4 is 11.6 Å². The van der Waals surface area contributed by atoms with Crippen LogP contribution in [0.25, 0.3) is 0 Å². The van der Waals surface area contributed by atoms with Crippen LogP contribution in [-0.2, 0) is 0 Å². The standard InChI is InChI=1S/C11H14ClFO/c1-7(8(2)12)9-4-5-11(14-3)10(13)6-9/h4-8H,1-3H3. The van der Waals surface area contributed by atoms with Gasteiger partial charge in [0.1, 0.15) is 0 Å². The fourth-order valence-electron chi connectivity index (χ4n) is 1.23. The molecular weight excluding hydrogens is 203 g/mol. The molecule has 0 radical (unpaired) electrons. The van der Waals surface area contributed by atoms with Crippen LogP contribution in [-0.4, -0.2) is 12.5 Å². The highest BCUT2D eigenvalue weighted by Gasteiger charge is 2.13. The Morgan fingerprint density at radius 1 is 1.36 bits per heavy atom. The van der Waals surface area contributed by atoms with Gasteiger partial charge in [-0.2, -0.15) is 0 Å². The first kappa shape index (κ1) is 11.3. The summed E-state index contributed by atoms with van der Waals surface area (Å²) in [6.45, 7) is 3.87. The predicted molar refractivity (Wildman–Crippen MR) is 56.7 cm³/mol. The van der Waals surface area contributed by atoms with Crippen LogP contribution in [0.4, 0.5) is 4.39 Å². The Morgan fingerprint density at radius 3 is 2.43 bits per heavy atom. The Balaban J connectivity index is 2.96. The van der Waals surface area contributed by atoms with Crippen molar-refractivity contribution in [2.24, 2.45) is 0 Å². The molecule has 0 saturated carbocycles. The van der Waals surface area contributed by atoms with E-state index in [1.807, 2.05) is 19.9 Å². The van der Waals surface area contributed by atoms with E-state index in [9.17, 15) is 4.39 Å². The monoisotopic (exact) mass is 216 g/mol. The van der Waals surface area contributed by atoms with E-state index in [4.69, 9.17) is 16.3 Å². The van der Waals surface area contributed by atoms with Crippen LogP contribution in [0, 0.1) is 5.82 Å². The van der Waals surface area contributed by atoms with Gasteiger partial charge in [0, 0.05) is 5.38 Å². The van der Waals surface area contributed by atoms with Gasteiger partial charge >= 0.3 is 0 Å². The normalized spacial score (nSPS) is 14.9. The second kappa shape index (κ2) is 4.65. The number of ether oxygens (including phenoxy) is 1. The third-order valence-corrected chi connectivity index (χ3v) is 2.77. The Morgan fingerprint density at radius 2 is 2.00 bits per heavy atom. The van der Waals surface area contributed by atoms with Crippen LogP contribution in [0.3, 0.4) is 0 Å². The number of halogens is 2. The minimum absolute atomic E-state index is 0.0113. The highest BCUT2D eigenvalue weighted by atomic mass is 35.5. The first-order chi connectivity index (χ1) is 6.56. The molecule has 0 fully saturated rings. The van der Waals surface area contributed by atoms with Crippen molar-refractivity contribution < 1.29 is 9.13 Å². The summed E-state index contributed by atoms with van der Waals surface area (Å²) in [4.78, 5) is 0. The summed E-state index contributed by atoms with van der Waals surface area (Å²) in [6, 6.07) is 4.94. The van der Waals surface area contributed by atoms with E-state index < -0.39 is 0 Å². The molecule has 1 nitrogen and oxygen atoms in total. The highest BCUT2D eigenvalue weighted by Crippen LogP contribution is 2.26. The summed E-state index contributed by atoms with van der Waals surface area (Å²) in [6.07, 6.45) is 0. The van der Waals surface area contributed by atoms with Gasteiger partial charge < -0.3 is 4.74 Å². The highest BCUT2D eigenvalue weighted by molar-refractivity contribution is 6.20. The number of rotatable bonds is 3. The van der Waals surface area contributed by atoms with E-state index in [-0.39, 0.29) is 22.9 Å². The summed E-state index contributed by atoms with van der Waals surface area (Å²) in [7, 11) is 1.45. The van der Waals surface area contributed by atoms with Crippen LogP contribution in [0.5, 0.6) is 5.75 Å². The van der Waals surface area contributed by atoms with E-state index in [1.54, 1.807) is 6.07 Å². The van der Waals surface area contributed by atoms with Gasteiger partial charge in [-0.3, -0.25) is 0 Å². The molecule has 0 aliphatic heterocycles. The van der Waals surface area contributed by atoms with Gasteiger partial charge in [-0.25, -0.2) is 4.39 Å². The summed E-state index contributed by atoms with van der Waals surface area (Å²) < 4.78 is 18.1. The van der Waals surface area contributed by atoms with Crippen molar-refractivity contribution in [3.8, 4) is 5.75 Å². The molecule has 0 N–H and O–H groups in total. The Bertz CT molecular complexity index is 312. The lowest BCUT2D eigenvalue weighted by atomic mass is 9.98. The molecule has 0 aromatic heterocycles. The second-order valence-corrected chi connectivity index (χ2v) is 4.05. The lowest BCUT2D eigenvalue weighted by molar-refractivity contribution is 0.386. The predicted octanol–water partition coefficient (Wildman–Crippen LogP) is 3.57. The molecule has 1 rings (SSSR count). The van der Waals surface area contributed by atoms with Gasteiger partial charge in [-0.05, 0) is 30.5 Å². The van der Waals surface area contributed by atoms with Gasteiger partial charge in [0.2, 0.25) is 0 Å². The maximum Gasteiger partial charge on any atom is 0.165 e. The van der Waals surface area contributed by atoms with E-state index in [0.717, 1.165) is 5.56 Å². The Kier molecular flexibility index (Phi) is 3.76. The fourth-order valence-corrected chi connectivity index (χ4v) is 1.38. The molecule has 3 heteroatoms. The van der Waals surface area contributed by atoms with Gasteiger partial charge in [-0.1, -0.05) is 13.0 Å². The zero-order chi connectivity index (χ0) is 10.7. The average molecular weight is 217 g/mol. The van der Waals surface area contributed by atoms with Crippen molar-refractivity contribution in [1.29, 1.82) is 0 Å². The fraction of sp³-hybridized carbons (Fsp3) is 0.455. The third kappa shape index (κ3) is 2.38. The molecule has 0 aliphatic carbocycles. The molecule has 2 unspecified atom stereocenters. The van der Waals surface area contributed by atoms with Crippen molar-refractivity contribution in [3.05, 3.63) is 29.6 Å². The zero-order valence-electron chi connectivity index (χ0n) is 8.55. The van der Waals surface area contributed by atoms with E-state index >= 15 is 0 Å². The molecule has 0 amide bonds. The molecule has 14 heavy (non-hydrogen) atoms. The molecule has 2 atom stereocenters. The number of benzene rings is 1. The van der Waals surface area contributed by atoms with E-state index in [1.165, 1.54) is 13.2 Å². The van der Waals surface area contributed by atoms with Gasteiger partial charge in [-0.15, -0.1) is 11.6 Å². The van der Waals surface area contributed by atoms with Crippen LogP contribution < -0.4 is 4.74 Å². The molecule has 1 aromatic rings. The minimum Gasteiger partial charge on any atom is -0.494 e. The Labute approximate surface area is 88.8 Å². The molecule has 78 valence electrons. The molecule has 1 aromatic carbocycles. The molecule has 0 spiro atoms. The lowest BCUT2D eigenvalue weighted by Crippen LogP contribution is -2.05. The third-order valence-electron chi connectivity index (χ3n) is 2.39. The summed E-state index contributed by atoms with van der Waals surface area (Å²) in [5.74, 6) is 0.0643. The number of methoxy groups -OCH3 is 1. The summed E-state index contributed by atoms with van der Waals surface area (Å²) >= 11 is 5.94. The number of hydrogen-bond acceptors (Lipinski definition) is 1. The molecule has 0 heterocycles. The number of hydrogen-bond donors (Lipinski definition) is 0. The van der Waals surface area contributed by atoms with E-state index in [2.05, 4.69) is 0 Å². The van der Waals surface area contributed by atoms with Crippen LogP contribution in [0.15, 0.2) is 18.2 Å². The van der Waals surface area contributed by atoms with Crippen LogP contribution >= 0.6 is 11.6 Å². The molecule has 0 saturated heterocycles. The van der Waals surface area contributed by atoms with Crippen molar-refractivity contribution in [2.75, 3.05) is 7.11 Å². The second-order valence-electron chi connectivity index (χ2n) is 3.36. The topological polar surface area (TPSA) is 9.23 Å². The van der Waals surface area contributed by atoms with E-state index in [0.29, 0.717) is 0 Å². The van der Waals surface area contributed by atoms with Gasteiger partial charge in [0.05, 0.1) is 7.11 Å². The lowest BCUT2D eigenvalue weighted by Gasteiger charge is -2.14. The minimum atomic E-state index is -0.339. The summed E-state index contributed by atoms with van der Waals surface area (Å²) in [5.41, 5.74) is 0.894. The van der Waals surface area contributed by atoms with Crippen LogP contribution in [0.1, 0.15) is 25.3 Å².